The molecule has 3 rings (SSSR count). The Kier molecular flexibility index (Phi) is 14.7. The first-order valence-electron chi connectivity index (χ1n) is 13.9. The largest absolute Gasteiger partial charge is 0.481 e. The average Bonchev–Trinajstić information content (AvgIpc) is 2.93. The van der Waals surface area contributed by atoms with E-state index in [1.165, 1.54) is 32.1 Å². The molecule has 2 aromatic carbocycles. The van der Waals surface area contributed by atoms with E-state index in [1.54, 1.807) is 24.3 Å². The quantitative estimate of drug-likeness (QED) is 0.103. The van der Waals surface area contributed by atoms with Crippen LogP contribution in [0.2, 0.25) is 0 Å². The molecule has 0 unspecified atom stereocenters. The fraction of sp³-hybridized carbons (Fsp3) is 0.500. The molecule has 10 heteroatoms. The predicted octanol–water partition coefficient (Wildman–Crippen LogP) is 7.65. The van der Waals surface area contributed by atoms with E-state index in [-0.39, 0.29) is 22.5 Å². The van der Waals surface area contributed by atoms with Gasteiger partial charge in [-0.2, -0.15) is 0 Å². The maximum absolute atomic E-state index is 13.8. The molecule has 1 heterocycles. The van der Waals surface area contributed by atoms with Gasteiger partial charge in [0.2, 0.25) is 0 Å². The maximum atomic E-state index is 13.8. The summed E-state index contributed by atoms with van der Waals surface area (Å²) in [5.41, 5.74) is 0.829. The molecule has 1 aliphatic heterocycles. The number of likely N-dealkylation sites (tertiary alicyclic amines) is 1. The maximum Gasteiger partial charge on any atom is 0.303 e. The predicted molar refractivity (Wildman–Crippen MR) is 157 cm³/mol. The molecular weight excluding hydrogens is 539 g/mol. The zero-order chi connectivity index (χ0) is 29.5. The lowest BCUT2D eigenvalue weighted by Crippen LogP contribution is -2.33. The molecule has 40 heavy (non-hydrogen) atoms. The molecule has 0 radical (unpaired) electrons. The van der Waals surface area contributed by atoms with Gasteiger partial charge in [0.25, 0.3) is 0 Å². The minimum Gasteiger partial charge on any atom is -0.481 e. The van der Waals surface area contributed by atoms with Crippen LogP contribution in [0.4, 0.5) is 24.5 Å². The van der Waals surface area contributed by atoms with E-state index in [2.05, 4.69) is 22.5 Å². The summed E-state index contributed by atoms with van der Waals surface area (Å²) < 4.78 is 40.1. The number of nitrogens with zero attached hydrogens (tertiary/aromatic N) is 1. The number of benzene rings is 2. The number of carboxylic acids is 1. The van der Waals surface area contributed by atoms with Crippen molar-refractivity contribution in [1.29, 1.82) is 0 Å². The summed E-state index contributed by atoms with van der Waals surface area (Å²) in [6.45, 7) is 3.98. The molecule has 0 saturated carbocycles. The number of anilines is 2. The Labute approximate surface area is 240 Å². The molecular formula is C30H40F3N3O3S. The number of carbonyl (C=O) groups excluding carboxylic acids is 1. The van der Waals surface area contributed by atoms with Crippen LogP contribution in [0.25, 0.3) is 0 Å². The Morgan fingerprint density at radius 2 is 1.60 bits per heavy atom. The molecule has 0 aliphatic carbocycles. The van der Waals surface area contributed by atoms with Gasteiger partial charge in [-0.1, -0.05) is 57.6 Å². The van der Waals surface area contributed by atoms with Crippen LogP contribution in [0, 0.1) is 23.4 Å². The van der Waals surface area contributed by atoms with E-state index in [4.69, 9.17) is 17.3 Å². The van der Waals surface area contributed by atoms with Gasteiger partial charge in [0.05, 0.1) is 5.69 Å². The Bertz CT molecular complexity index is 1120. The number of aliphatic carboxylic acids is 1. The van der Waals surface area contributed by atoms with Crippen molar-refractivity contribution in [3.8, 4) is 0 Å². The highest BCUT2D eigenvalue weighted by atomic mass is 32.1. The Morgan fingerprint density at radius 3 is 2.25 bits per heavy atom. The van der Waals surface area contributed by atoms with Crippen molar-refractivity contribution in [1.82, 2.24) is 4.90 Å². The van der Waals surface area contributed by atoms with Gasteiger partial charge in [-0.3, -0.25) is 9.59 Å². The fourth-order valence-corrected chi connectivity index (χ4v) is 4.62. The third kappa shape index (κ3) is 11.6. The van der Waals surface area contributed by atoms with Crippen LogP contribution in [-0.2, 0) is 4.79 Å². The van der Waals surface area contributed by atoms with Crippen molar-refractivity contribution >= 4 is 40.5 Å². The van der Waals surface area contributed by atoms with Gasteiger partial charge < -0.3 is 20.6 Å². The summed E-state index contributed by atoms with van der Waals surface area (Å²) in [6, 6.07) is 8.73. The molecule has 0 bridgehead atoms. The van der Waals surface area contributed by atoms with E-state index in [1.807, 2.05) is 7.05 Å². The number of hydrogen-bond acceptors (Lipinski definition) is 4. The highest BCUT2D eigenvalue weighted by molar-refractivity contribution is 7.80. The van der Waals surface area contributed by atoms with E-state index in [9.17, 15) is 22.8 Å². The molecule has 220 valence electrons. The van der Waals surface area contributed by atoms with Crippen LogP contribution in [0.15, 0.2) is 36.4 Å². The number of piperidine rings is 1. The lowest BCUT2D eigenvalue weighted by atomic mass is 9.89. The van der Waals surface area contributed by atoms with Crippen molar-refractivity contribution < 1.29 is 27.9 Å². The summed E-state index contributed by atoms with van der Waals surface area (Å²) in [5.74, 6) is -4.78. The van der Waals surface area contributed by atoms with Gasteiger partial charge >= 0.3 is 5.97 Å². The Balaban J connectivity index is 0.000000395. The standard InChI is InChI=1S/C20H20F3N3OS.C10H20O2/c1-26-9-7-12(8-10-26)19(27)13-3-2-4-14(11-13)24-20(28)25-16-6-5-15(21)17(22)18(16)23;1-2-3-4-5-6-7-8-9-10(11)12/h2-6,11-12H,7-10H2,1H3,(H2,24,25,28);2-9H2,1H3,(H,11,12). The second kappa shape index (κ2) is 17.7. The lowest BCUT2D eigenvalue weighted by molar-refractivity contribution is -0.137. The number of nitrogens with one attached hydrogen (secondary N) is 2. The van der Waals surface area contributed by atoms with E-state index >= 15 is 0 Å². The molecule has 6 nitrogen and oxygen atoms in total. The Morgan fingerprint density at radius 1 is 0.950 bits per heavy atom. The van der Waals surface area contributed by atoms with E-state index in [0.29, 0.717) is 17.7 Å². The molecule has 2 aromatic rings. The normalized spacial score (nSPS) is 13.7. The lowest BCUT2D eigenvalue weighted by Gasteiger charge is -2.28. The molecule has 0 aromatic heterocycles. The highest BCUT2D eigenvalue weighted by Crippen LogP contribution is 2.23. The summed E-state index contributed by atoms with van der Waals surface area (Å²) in [4.78, 5) is 25.1. The van der Waals surface area contributed by atoms with Crippen LogP contribution in [0.1, 0.15) is 81.5 Å². The second-order valence-electron chi connectivity index (χ2n) is 10.1. The number of rotatable bonds is 12. The summed E-state index contributed by atoms with van der Waals surface area (Å²) in [5, 5.41) is 13.7. The number of Topliss-reactive ketones (excluding diaryl/α,β-unsaturated/α-hetero) is 1. The smallest absolute Gasteiger partial charge is 0.303 e. The van der Waals surface area contributed by atoms with Crippen LogP contribution in [0.3, 0.4) is 0 Å². The van der Waals surface area contributed by atoms with Gasteiger partial charge in [0.1, 0.15) is 0 Å². The molecule has 1 aliphatic rings. The fourth-order valence-electron chi connectivity index (χ4n) is 4.40. The number of carboxylic acid groups (broad SMARTS) is 1. The van der Waals surface area contributed by atoms with Crippen molar-refractivity contribution in [2.75, 3.05) is 30.8 Å². The summed E-state index contributed by atoms with van der Waals surface area (Å²) in [6.07, 6.45) is 10.3. The first-order chi connectivity index (χ1) is 19.1. The first-order valence-corrected chi connectivity index (χ1v) is 14.3. The third-order valence-corrected chi connectivity index (χ3v) is 6.98. The minimum absolute atomic E-state index is 0.00574. The van der Waals surface area contributed by atoms with Crippen LogP contribution in [0.5, 0.6) is 0 Å². The van der Waals surface area contributed by atoms with Crippen LogP contribution < -0.4 is 10.6 Å². The molecule has 1 fully saturated rings. The molecule has 3 N–H and O–H groups in total. The van der Waals surface area contributed by atoms with Gasteiger partial charge in [0.15, 0.2) is 28.3 Å². The zero-order valence-electron chi connectivity index (χ0n) is 23.3. The number of thiocarbonyl (C=S) groups is 1. The Hall–Kier alpha value is -2.98. The van der Waals surface area contributed by atoms with E-state index in [0.717, 1.165) is 50.9 Å². The number of ketones is 1. The third-order valence-electron chi connectivity index (χ3n) is 6.77. The molecule has 0 spiro atoms. The summed E-state index contributed by atoms with van der Waals surface area (Å²) >= 11 is 5.11. The SMILES string of the molecule is CCCCCCCCCC(=O)O.CN1CCC(C(=O)c2cccc(NC(=S)Nc3ccc(F)c(F)c3F)c2)CC1. The number of hydrogen-bond donors (Lipinski definition) is 3. The van der Waals surface area contributed by atoms with Gasteiger partial charge in [0, 0.05) is 23.6 Å². The number of unbranched alkanes of at least 4 members (excludes halogenated alkanes) is 6. The van der Waals surface area contributed by atoms with E-state index < -0.39 is 23.4 Å². The molecule has 0 atom stereocenters. The first kappa shape index (κ1) is 33.2. The van der Waals surface area contributed by atoms with Crippen molar-refractivity contribution in [2.24, 2.45) is 5.92 Å². The highest BCUT2D eigenvalue weighted by Gasteiger charge is 2.24. The summed E-state index contributed by atoms with van der Waals surface area (Å²) in [7, 11) is 2.04. The van der Waals surface area contributed by atoms with Crippen LogP contribution >= 0.6 is 12.2 Å². The number of carbonyl (C=O) groups is 2. The van der Waals surface area contributed by atoms with Crippen molar-refractivity contribution in [2.45, 2.75) is 71.1 Å². The minimum atomic E-state index is -1.57. The molecule has 0 amide bonds. The topological polar surface area (TPSA) is 81.7 Å². The van der Waals surface area contributed by atoms with Gasteiger partial charge in [-0.25, -0.2) is 13.2 Å². The second-order valence-corrected chi connectivity index (χ2v) is 10.5. The zero-order valence-corrected chi connectivity index (χ0v) is 24.1. The monoisotopic (exact) mass is 579 g/mol. The van der Waals surface area contributed by atoms with Crippen LogP contribution in [-0.4, -0.2) is 47.0 Å². The average molecular weight is 580 g/mol. The van der Waals surface area contributed by atoms with Gasteiger partial charge in [-0.15, -0.1) is 0 Å². The van der Waals surface area contributed by atoms with Crippen molar-refractivity contribution in [3.63, 3.8) is 0 Å². The molecule has 1 saturated heterocycles. The van der Waals surface area contributed by atoms with Gasteiger partial charge in [-0.05, 0) is 75.9 Å². The van der Waals surface area contributed by atoms with Crippen molar-refractivity contribution in [3.05, 3.63) is 59.4 Å². The number of halogens is 3.